The molecule has 0 atom stereocenters. The lowest BCUT2D eigenvalue weighted by Gasteiger charge is -2.06. The Labute approximate surface area is 143 Å². The summed E-state index contributed by atoms with van der Waals surface area (Å²) < 4.78 is 32.7. The molecule has 0 saturated heterocycles. The summed E-state index contributed by atoms with van der Waals surface area (Å²) in [6, 6.07) is 20.1. The highest BCUT2D eigenvalue weighted by molar-refractivity contribution is 5.95. The number of halogens is 1. The monoisotopic (exact) mass is 350 g/mol. The number of nitrogens with one attached hydrogen (secondary N) is 1. The zero-order valence-electron chi connectivity index (χ0n) is 13.3. The smallest absolute Gasteiger partial charge is 0.0777 e. The van der Waals surface area contributed by atoms with E-state index < -0.39 is 10.2 Å². The van der Waals surface area contributed by atoms with Gasteiger partial charge in [-0.3, -0.25) is 4.99 Å². The number of allylic oxidation sites excluding steroid dienone is 2. The molecule has 2 N–H and O–H groups in total. The topological polar surface area (TPSA) is 114 Å². The summed E-state index contributed by atoms with van der Waals surface area (Å²) in [6.07, 6.45) is 2.04. The largest absolute Gasteiger partial charge is 0.359 e. The van der Waals surface area contributed by atoms with Crippen molar-refractivity contribution in [2.75, 3.05) is 5.32 Å². The second kappa shape index (κ2) is 9.82. The molecule has 0 aliphatic rings. The van der Waals surface area contributed by atoms with Crippen LogP contribution in [0.25, 0.3) is 0 Å². The average molecular weight is 351 g/mol. The van der Waals surface area contributed by atoms with Gasteiger partial charge in [0.25, 0.3) is 0 Å². The van der Waals surface area contributed by atoms with Gasteiger partial charge < -0.3 is 5.32 Å². The maximum Gasteiger partial charge on any atom is 0.0777 e. The van der Waals surface area contributed by atoms with E-state index in [0.717, 1.165) is 22.8 Å². The fourth-order valence-electron chi connectivity index (χ4n) is 1.84. The number of rotatable bonds is 4. The summed E-state index contributed by atoms with van der Waals surface area (Å²) in [7, 11) is -4.69. The second-order valence-corrected chi connectivity index (χ2v) is 5.60. The highest BCUT2D eigenvalue weighted by Crippen LogP contribution is 2.12. The Bertz CT molecular complexity index is 662. The zero-order chi connectivity index (χ0) is 18.0. The maximum absolute atomic E-state index is 8.60. The number of benzene rings is 2. The van der Waals surface area contributed by atoms with Crippen molar-refractivity contribution in [3.05, 3.63) is 72.4 Å². The van der Waals surface area contributed by atoms with Crippen molar-refractivity contribution in [1.82, 2.24) is 0 Å². The highest BCUT2D eigenvalue weighted by Gasteiger charge is 1.98. The molecule has 128 valence electrons. The number of hydrogen-bond donors (Lipinski definition) is 2. The van der Waals surface area contributed by atoms with Crippen LogP contribution >= 0.6 is 0 Å². The number of hydrogen-bond acceptors (Lipinski definition) is 6. The third kappa shape index (κ3) is 10.5. The number of para-hydroxylation sites is 2. The quantitative estimate of drug-likeness (QED) is 0.787. The average Bonchev–Trinajstić information content (AvgIpc) is 2.47. The second-order valence-electron chi connectivity index (χ2n) is 4.80. The maximum atomic E-state index is 8.60. The molecule has 0 radical (unpaired) electrons. The third-order valence-corrected chi connectivity index (χ3v) is 2.60. The van der Waals surface area contributed by atoms with E-state index in [1.165, 1.54) is 0 Å². The number of aliphatic imine (C=N–C) groups is 1. The summed E-state index contributed by atoms with van der Waals surface area (Å²) in [4.78, 5) is 4.54. The van der Waals surface area contributed by atoms with E-state index in [2.05, 4.69) is 10.3 Å². The SMILES string of the molecule is CC(=CC(C)=Nc1ccccc1)Nc1ccccc1.[O-][Cl+3]([O-])([O-])O. The minimum Gasteiger partial charge on any atom is -0.359 e. The molecule has 0 fully saturated rings. The predicted molar refractivity (Wildman–Crippen MR) is 85.3 cm³/mol. The molecule has 7 heteroatoms. The third-order valence-electron chi connectivity index (χ3n) is 2.60. The van der Waals surface area contributed by atoms with E-state index in [0.29, 0.717) is 0 Å². The molecule has 0 aliphatic carbocycles. The molecule has 24 heavy (non-hydrogen) atoms. The van der Waals surface area contributed by atoms with Crippen LogP contribution in [0.15, 0.2) is 77.4 Å². The summed E-state index contributed by atoms with van der Waals surface area (Å²) in [5, 5.41) is 3.34. The zero-order valence-corrected chi connectivity index (χ0v) is 14.1. The first-order valence-corrected chi connectivity index (χ1v) is 8.24. The molecule has 2 rings (SSSR count). The van der Waals surface area contributed by atoms with Gasteiger partial charge in [-0.15, -0.1) is 0 Å². The predicted octanol–water partition coefficient (Wildman–Crippen LogP) is 0.671. The van der Waals surface area contributed by atoms with Gasteiger partial charge >= 0.3 is 0 Å². The first-order valence-electron chi connectivity index (χ1n) is 6.98. The first-order chi connectivity index (χ1) is 11.2. The van der Waals surface area contributed by atoms with Crippen molar-refractivity contribution < 1.29 is 28.9 Å². The van der Waals surface area contributed by atoms with E-state index in [1.807, 2.05) is 80.6 Å². The van der Waals surface area contributed by atoms with Crippen LogP contribution in [0, 0.1) is 10.2 Å². The van der Waals surface area contributed by atoms with E-state index in [4.69, 9.17) is 18.6 Å². The minimum absolute atomic E-state index is 0.976. The van der Waals surface area contributed by atoms with Crippen LogP contribution in [-0.4, -0.2) is 10.4 Å². The van der Waals surface area contributed by atoms with Crippen molar-refractivity contribution >= 4 is 17.1 Å². The van der Waals surface area contributed by atoms with Crippen LogP contribution in [-0.2, 0) is 0 Å². The van der Waals surface area contributed by atoms with Crippen molar-refractivity contribution in [1.29, 1.82) is 0 Å². The van der Waals surface area contributed by atoms with Gasteiger partial charge in [-0.1, -0.05) is 36.4 Å². The molecule has 0 bridgehead atoms. The van der Waals surface area contributed by atoms with Crippen LogP contribution < -0.4 is 19.3 Å². The number of anilines is 1. The fraction of sp³-hybridized carbons (Fsp3) is 0.118. The normalized spacial score (nSPS) is 12.2. The van der Waals surface area contributed by atoms with Gasteiger partial charge in [0.05, 0.1) is 20.6 Å². The lowest BCUT2D eigenvalue weighted by atomic mass is 10.2. The lowest BCUT2D eigenvalue weighted by molar-refractivity contribution is -1.92. The van der Waals surface area contributed by atoms with Gasteiger partial charge in [0.15, 0.2) is 0 Å². The molecule has 0 amide bonds. The summed E-state index contributed by atoms with van der Waals surface area (Å²) in [6.45, 7) is 4.04. The van der Waals surface area contributed by atoms with Crippen molar-refractivity contribution in [2.24, 2.45) is 4.99 Å². The van der Waals surface area contributed by atoms with E-state index in [-0.39, 0.29) is 0 Å². The molecule has 0 spiro atoms. The van der Waals surface area contributed by atoms with Gasteiger partial charge in [-0.25, -0.2) is 0 Å². The van der Waals surface area contributed by atoms with Crippen molar-refractivity contribution in [3.63, 3.8) is 0 Å². The molecular formula is C17H19ClN2O4. The number of nitrogens with zero attached hydrogens (tertiary/aromatic N) is 1. The van der Waals surface area contributed by atoms with E-state index in [9.17, 15) is 0 Å². The van der Waals surface area contributed by atoms with Crippen molar-refractivity contribution in [3.8, 4) is 0 Å². The van der Waals surface area contributed by atoms with Crippen LogP contribution in [0.1, 0.15) is 13.8 Å². The van der Waals surface area contributed by atoms with Crippen LogP contribution in [0.5, 0.6) is 0 Å². The molecule has 0 aromatic heterocycles. The molecule has 0 unspecified atom stereocenters. The lowest BCUT2D eigenvalue weighted by Crippen LogP contribution is -2.58. The molecule has 0 aliphatic heterocycles. The molecule has 2 aromatic carbocycles. The van der Waals surface area contributed by atoms with Crippen LogP contribution in [0.2, 0.25) is 0 Å². The highest BCUT2D eigenvalue weighted by atomic mass is 35.7. The molecule has 6 nitrogen and oxygen atoms in total. The van der Waals surface area contributed by atoms with E-state index in [1.54, 1.807) is 0 Å². The summed E-state index contributed by atoms with van der Waals surface area (Å²) in [5.41, 5.74) is 4.11. The summed E-state index contributed by atoms with van der Waals surface area (Å²) in [5.74, 6) is 0. The molecule has 0 saturated carbocycles. The molecular weight excluding hydrogens is 332 g/mol. The Balaban J connectivity index is 0.000000505. The van der Waals surface area contributed by atoms with Gasteiger partial charge in [0.2, 0.25) is 0 Å². The van der Waals surface area contributed by atoms with Crippen molar-refractivity contribution in [2.45, 2.75) is 13.8 Å². The van der Waals surface area contributed by atoms with Gasteiger partial charge in [-0.2, -0.15) is 14.0 Å². The van der Waals surface area contributed by atoms with Crippen LogP contribution in [0.4, 0.5) is 11.4 Å². The minimum atomic E-state index is -4.69. The van der Waals surface area contributed by atoms with Gasteiger partial charge in [0.1, 0.15) is 0 Å². The Morgan fingerprint density at radius 1 is 0.958 bits per heavy atom. The van der Waals surface area contributed by atoms with Gasteiger partial charge in [-0.05, 0) is 44.2 Å². The Morgan fingerprint density at radius 2 is 1.42 bits per heavy atom. The Hall–Kier alpha value is -2.22. The van der Waals surface area contributed by atoms with Gasteiger partial charge in [0, 0.05) is 17.1 Å². The fourth-order valence-corrected chi connectivity index (χ4v) is 1.84. The summed E-state index contributed by atoms with van der Waals surface area (Å²) >= 11 is 0. The Morgan fingerprint density at radius 3 is 1.92 bits per heavy atom. The molecule has 2 aromatic rings. The first kappa shape index (κ1) is 19.8. The standard InChI is InChI=1S/C17H18N2.ClHO4/c1-14(18-16-9-5-3-6-10-16)13-15(2)19-17-11-7-4-8-12-17;2-1(3,4)5/h3-13,18H,1-2H3;(H,2,3,4,5). The Kier molecular flexibility index (Phi) is 8.11. The van der Waals surface area contributed by atoms with Crippen LogP contribution in [0.3, 0.4) is 0 Å². The molecule has 0 heterocycles. The van der Waals surface area contributed by atoms with E-state index >= 15 is 0 Å².